The van der Waals surface area contributed by atoms with Crippen molar-refractivity contribution in [1.29, 1.82) is 0 Å². The van der Waals surface area contributed by atoms with E-state index >= 15 is 0 Å². The van der Waals surface area contributed by atoms with Crippen molar-refractivity contribution < 1.29 is 24.2 Å². The molecule has 0 aromatic heterocycles. The van der Waals surface area contributed by atoms with Crippen LogP contribution in [0, 0.1) is 11.8 Å². The first-order chi connectivity index (χ1) is 8.66. The van der Waals surface area contributed by atoms with Crippen LogP contribution in [-0.2, 0) is 19.1 Å². The number of esters is 1. The fourth-order valence-corrected chi connectivity index (χ4v) is 2.61. The Morgan fingerprint density at radius 2 is 1.67 bits per heavy atom. The molecule has 1 saturated carbocycles. The Labute approximate surface area is 106 Å². The maximum absolute atomic E-state index is 11.9. The average molecular weight is 256 g/mol. The van der Waals surface area contributed by atoms with E-state index < -0.39 is 5.97 Å². The quantitative estimate of drug-likeness (QED) is 0.781. The van der Waals surface area contributed by atoms with Crippen molar-refractivity contribution in [2.24, 2.45) is 11.8 Å². The van der Waals surface area contributed by atoms with Gasteiger partial charge in [-0.25, -0.2) is 0 Å². The Bertz CT molecular complexity index is 301. The number of aliphatic carboxylic acids is 1. The van der Waals surface area contributed by atoms with Crippen LogP contribution in [-0.4, -0.2) is 29.9 Å². The number of carboxylic acid groups (broad SMARTS) is 1. The van der Waals surface area contributed by atoms with Crippen molar-refractivity contribution >= 4 is 11.9 Å². The molecule has 2 rings (SSSR count). The number of ether oxygens (including phenoxy) is 2. The highest BCUT2D eigenvalue weighted by Gasteiger charge is 2.32. The molecule has 0 amide bonds. The molecule has 0 aromatic carbocycles. The summed E-state index contributed by atoms with van der Waals surface area (Å²) in [6, 6.07) is 0. The second kappa shape index (κ2) is 6.18. The minimum atomic E-state index is -0.752. The van der Waals surface area contributed by atoms with Crippen LogP contribution in [0.5, 0.6) is 0 Å². The van der Waals surface area contributed by atoms with Crippen molar-refractivity contribution in [3.05, 3.63) is 0 Å². The number of carbonyl (C=O) groups excluding carboxylic acids is 1. The second-order valence-corrected chi connectivity index (χ2v) is 5.12. The van der Waals surface area contributed by atoms with Crippen molar-refractivity contribution in [3.63, 3.8) is 0 Å². The lowest BCUT2D eigenvalue weighted by Crippen LogP contribution is -2.32. The zero-order chi connectivity index (χ0) is 13.0. The average Bonchev–Trinajstić information content (AvgIpc) is 2.40. The van der Waals surface area contributed by atoms with Crippen LogP contribution in [0.15, 0.2) is 0 Å². The molecule has 18 heavy (non-hydrogen) atoms. The molecule has 102 valence electrons. The van der Waals surface area contributed by atoms with Gasteiger partial charge in [-0.2, -0.15) is 0 Å². The minimum Gasteiger partial charge on any atom is -0.481 e. The molecule has 1 atom stereocenters. The second-order valence-electron chi connectivity index (χ2n) is 5.12. The van der Waals surface area contributed by atoms with Crippen LogP contribution in [0.2, 0.25) is 0 Å². The fraction of sp³-hybridized carbons (Fsp3) is 0.846. The summed E-state index contributed by atoms with van der Waals surface area (Å²) in [7, 11) is 0. The topological polar surface area (TPSA) is 72.8 Å². The molecule has 2 aliphatic rings. The van der Waals surface area contributed by atoms with Crippen LogP contribution >= 0.6 is 0 Å². The molecule has 0 radical (unpaired) electrons. The van der Waals surface area contributed by atoms with Crippen LogP contribution in [0.4, 0.5) is 0 Å². The predicted molar refractivity (Wildman–Crippen MR) is 62.8 cm³/mol. The Morgan fingerprint density at radius 1 is 1.00 bits per heavy atom. The first kappa shape index (κ1) is 13.3. The number of carboxylic acids is 1. The predicted octanol–water partition coefficient (Wildman–Crippen LogP) is 1.95. The summed E-state index contributed by atoms with van der Waals surface area (Å²) in [4.78, 5) is 22.7. The van der Waals surface area contributed by atoms with Gasteiger partial charge in [-0.3, -0.25) is 9.59 Å². The van der Waals surface area contributed by atoms with Gasteiger partial charge in [0.25, 0.3) is 0 Å². The van der Waals surface area contributed by atoms with Gasteiger partial charge in [0.15, 0.2) is 0 Å². The van der Waals surface area contributed by atoms with Crippen molar-refractivity contribution in [3.8, 4) is 0 Å². The number of hydrogen-bond donors (Lipinski definition) is 1. The van der Waals surface area contributed by atoms with Crippen LogP contribution in [0.25, 0.3) is 0 Å². The SMILES string of the molecule is O=C(O)[C@H]1CC[C@H](C(=O)OC2CCCCO2)CC1. The zero-order valence-electron chi connectivity index (χ0n) is 10.5. The van der Waals surface area contributed by atoms with E-state index in [1.165, 1.54) is 0 Å². The summed E-state index contributed by atoms with van der Waals surface area (Å²) in [5, 5.41) is 8.89. The molecular formula is C13H20O5. The molecule has 1 heterocycles. The monoisotopic (exact) mass is 256 g/mol. The molecule has 0 aromatic rings. The van der Waals surface area contributed by atoms with Gasteiger partial charge in [-0.1, -0.05) is 0 Å². The summed E-state index contributed by atoms with van der Waals surface area (Å²) in [5.74, 6) is -1.41. The first-order valence-electron chi connectivity index (χ1n) is 6.71. The number of hydrogen-bond acceptors (Lipinski definition) is 4. The minimum absolute atomic E-state index is 0.147. The Morgan fingerprint density at radius 3 is 2.22 bits per heavy atom. The van der Waals surface area contributed by atoms with Crippen molar-refractivity contribution in [2.45, 2.75) is 51.2 Å². The van der Waals surface area contributed by atoms with Crippen LogP contribution in [0.3, 0.4) is 0 Å². The van der Waals surface area contributed by atoms with E-state index in [0.29, 0.717) is 32.3 Å². The summed E-state index contributed by atoms with van der Waals surface area (Å²) >= 11 is 0. The molecule has 0 bridgehead atoms. The summed E-state index contributed by atoms with van der Waals surface area (Å²) in [6.07, 6.45) is 4.81. The van der Waals surface area contributed by atoms with E-state index in [4.69, 9.17) is 14.6 Å². The van der Waals surface area contributed by atoms with Gasteiger partial charge in [0.1, 0.15) is 0 Å². The molecule has 1 aliphatic carbocycles. The van der Waals surface area contributed by atoms with Gasteiger partial charge in [-0.15, -0.1) is 0 Å². The fourth-order valence-electron chi connectivity index (χ4n) is 2.61. The molecule has 1 N–H and O–H groups in total. The van der Waals surface area contributed by atoms with E-state index in [0.717, 1.165) is 19.3 Å². The highest BCUT2D eigenvalue weighted by Crippen LogP contribution is 2.30. The van der Waals surface area contributed by atoms with Gasteiger partial charge >= 0.3 is 11.9 Å². The number of rotatable bonds is 3. The Kier molecular flexibility index (Phi) is 4.58. The molecule has 5 nitrogen and oxygen atoms in total. The molecule has 0 spiro atoms. The van der Waals surface area contributed by atoms with Gasteiger partial charge in [-0.05, 0) is 38.5 Å². The highest BCUT2D eigenvalue weighted by atomic mass is 16.7. The molecule has 1 unspecified atom stereocenters. The molecule has 1 saturated heterocycles. The van der Waals surface area contributed by atoms with E-state index in [2.05, 4.69) is 0 Å². The molecule has 5 heteroatoms. The smallest absolute Gasteiger partial charge is 0.311 e. The van der Waals surface area contributed by atoms with E-state index in [9.17, 15) is 9.59 Å². The maximum atomic E-state index is 11.9. The van der Waals surface area contributed by atoms with Crippen LogP contribution in [0.1, 0.15) is 44.9 Å². The lowest BCUT2D eigenvalue weighted by molar-refractivity contribution is -0.192. The maximum Gasteiger partial charge on any atom is 0.311 e. The summed E-state index contributed by atoms with van der Waals surface area (Å²) in [6.45, 7) is 0.656. The number of carbonyl (C=O) groups is 2. The molecule has 2 fully saturated rings. The summed E-state index contributed by atoms with van der Waals surface area (Å²) < 4.78 is 10.7. The van der Waals surface area contributed by atoms with E-state index in [1.54, 1.807) is 0 Å². The highest BCUT2D eigenvalue weighted by molar-refractivity contribution is 5.74. The lowest BCUT2D eigenvalue weighted by atomic mass is 9.82. The molecule has 1 aliphatic heterocycles. The van der Waals surface area contributed by atoms with E-state index in [-0.39, 0.29) is 24.1 Å². The normalized spacial score (nSPS) is 32.8. The Balaban J connectivity index is 1.75. The van der Waals surface area contributed by atoms with Gasteiger partial charge in [0, 0.05) is 6.42 Å². The summed E-state index contributed by atoms with van der Waals surface area (Å²) in [5.41, 5.74) is 0. The first-order valence-corrected chi connectivity index (χ1v) is 6.71. The Hall–Kier alpha value is -1.10. The third kappa shape index (κ3) is 3.45. The molecular weight excluding hydrogens is 236 g/mol. The van der Waals surface area contributed by atoms with E-state index in [1.807, 2.05) is 0 Å². The third-order valence-corrected chi connectivity index (χ3v) is 3.80. The van der Waals surface area contributed by atoms with Crippen molar-refractivity contribution in [2.75, 3.05) is 6.61 Å². The zero-order valence-corrected chi connectivity index (χ0v) is 10.5. The third-order valence-electron chi connectivity index (χ3n) is 3.80. The van der Waals surface area contributed by atoms with Crippen molar-refractivity contribution in [1.82, 2.24) is 0 Å². The standard InChI is InChI=1S/C13H20O5/c14-12(15)9-4-6-10(7-5-9)13(16)18-11-3-1-2-8-17-11/h9-11H,1-8H2,(H,14,15)/t9-,10-,11?. The largest absolute Gasteiger partial charge is 0.481 e. The lowest BCUT2D eigenvalue weighted by Gasteiger charge is -2.28. The van der Waals surface area contributed by atoms with Crippen LogP contribution < -0.4 is 0 Å². The van der Waals surface area contributed by atoms with Gasteiger partial charge < -0.3 is 14.6 Å². The van der Waals surface area contributed by atoms with Gasteiger partial charge in [0.05, 0.1) is 18.4 Å². The van der Waals surface area contributed by atoms with Gasteiger partial charge in [0.2, 0.25) is 6.29 Å².